The summed E-state index contributed by atoms with van der Waals surface area (Å²) in [5, 5.41) is 6.82. The predicted octanol–water partition coefficient (Wildman–Crippen LogP) is 1.37. The Labute approximate surface area is 105 Å². The Morgan fingerprint density at radius 3 is 3.11 bits per heavy atom. The number of ether oxygens (including phenoxy) is 1. The van der Waals surface area contributed by atoms with E-state index in [-0.39, 0.29) is 18.3 Å². The van der Waals surface area contributed by atoms with Gasteiger partial charge in [0.2, 0.25) is 0 Å². The molecule has 1 heterocycles. The van der Waals surface area contributed by atoms with Gasteiger partial charge in [-0.1, -0.05) is 18.6 Å². The molecule has 18 heavy (non-hydrogen) atoms. The normalized spacial score (nSPS) is 19.0. The molecule has 5 heteroatoms. The van der Waals surface area contributed by atoms with E-state index in [1.807, 2.05) is 0 Å². The number of carbonyl (C=O) groups is 2. The van der Waals surface area contributed by atoms with E-state index in [2.05, 4.69) is 27.9 Å². The van der Waals surface area contributed by atoms with Crippen molar-refractivity contribution in [1.82, 2.24) is 10.2 Å². The van der Waals surface area contributed by atoms with Gasteiger partial charge in [0.15, 0.2) is 0 Å². The molecule has 0 amide bonds. The lowest BCUT2D eigenvalue weighted by Gasteiger charge is -2.11. The van der Waals surface area contributed by atoms with Gasteiger partial charge in [0.05, 0.1) is 19.7 Å². The summed E-state index contributed by atoms with van der Waals surface area (Å²) in [4.78, 5) is 21.7. The molecule has 0 radical (unpaired) electrons. The number of H-pyrrole nitrogens is 1. The van der Waals surface area contributed by atoms with Crippen molar-refractivity contribution in [2.75, 3.05) is 7.11 Å². The van der Waals surface area contributed by atoms with Crippen LogP contribution in [0.5, 0.6) is 0 Å². The second kappa shape index (κ2) is 5.16. The van der Waals surface area contributed by atoms with Crippen LogP contribution < -0.4 is 0 Å². The smallest absolute Gasteiger partial charge is 0.311 e. The van der Waals surface area contributed by atoms with Crippen molar-refractivity contribution in [3.63, 3.8) is 0 Å². The van der Waals surface area contributed by atoms with E-state index in [0.717, 1.165) is 17.5 Å². The molecule has 1 N–H and O–H groups in total. The highest BCUT2D eigenvalue weighted by Crippen LogP contribution is 2.43. The number of rotatable bonds is 6. The van der Waals surface area contributed by atoms with E-state index in [9.17, 15) is 9.59 Å². The maximum Gasteiger partial charge on any atom is 0.311 e. The Balaban J connectivity index is 2.03. The quantitative estimate of drug-likeness (QED) is 0.469. The molecule has 0 aliphatic heterocycles. The third kappa shape index (κ3) is 2.50. The van der Waals surface area contributed by atoms with Crippen LogP contribution in [0.2, 0.25) is 0 Å². The minimum Gasteiger partial charge on any atom is -0.469 e. The van der Waals surface area contributed by atoms with Crippen molar-refractivity contribution in [2.24, 2.45) is 5.92 Å². The summed E-state index contributed by atoms with van der Waals surface area (Å²) in [5.41, 5.74) is 2.98. The van der Waals surface area contributed by atoms with Gasteiger partial charge in [0.1, 0.15) is 6.29 Å². The van der Waals surface area contributed by atoms with Crippen LogP contribution in [0.15, 0.2) is 17.8 Å². The van der Waals surface area contributed by atoms with Gasteiger partial charge in [-0.15, -0.1) is 0 Å². The number of hydrogen-bond acceptors (Lipinski definition) is 4. The molecule has 0 aromatic carbocycles. The maximum atomic E-state index is 11.3. The second-order valence-electron chi connectivity index (χ2n) is 4.48. The van der Waals surface area contributed by atoms with Gasteiger partial charge in [0, 0.05) is 18.0 Å². The molecular weight excluding hydrogens is 232 g/mol. The van der Waals surface area contributed by atoms with E-state index < -0.39 is 0 Å². The Morgan fingerprint density at radius 2 is 2.44 bits per heavy atom. The average Bonchev–Trinajstić information content (AvgIpc) is 2.98. The maximum absolute atomic E-state index is 11.3. The van der Waals surface area contributed by atoms with Crippen molar-refractivity contribution < 1.29 is 14.3 Å². The summed E-state index contributed by atoms with van der Waals surface area (Å²) in [5.74, 6) is 0.270. The minimum absolute atomic E-state index is 0.200. The number of esters is 1. The number of aromatic nitrogens is 2. The van der Waals surface area contributed by atoms with Crippen LogP contribution in [0.25, 0.3) is 0 Å². The van der Waals surface area contributed by atoms with Gasteiger partial charge in [-0.2, -0.15) is 5.10 Å². The highest BCUT2D eigenvalue weighted by Gasteiger charge is 2.32. The molecular formula is C13H16N2O3. The zero-order chi connectivity index (χ0) is 13.1. The zero-order valence-corrected chi connectivity index (χ0v) is 10.5. The molecule has 1 aliphatic rings. The van der Waals surface area contributed by atoms with Crippen molar-refractivity contribution in [3.8, 4) is 0 Å². The zero-order valence-electron chi connectivity index (χ0n) is 10.5. The fourth-order valence-corrected chi connectivity index (χ4v) is 2.21. The summed E-state index contributed by atoms with van der Waals surface area (Å²) in [6, 6.07) is 0. The van der Waals surface area contributed by atoms with Gasteiger partial charge < -0.3 is 9.53 Å². The fourth-order valence-electron chi connectivity index (χ4n) is 2.21. The minimum atomic E-state index is -0.287. The monoisotopic (exact) mass is 248 g/mol. The molecule has 5 nitrogen and oxygen atoms in total. The topological polar surface area (TPSA) is 72.1 Å². The van der Waals surface area contributed by atoms with Crippen LogP contribution in [-0.2, 0) is 20.7 Å². The van der Waals surface area contributed by atoms with Crippen molar-refractivity contribution in [1.29, 1.82) is 0 Å². The Hall–Kier alpha value is -1.91. The molecule has 1 aromatic heterocycles. The van der Waals surface area contributed by atoms with Crippen LogP contribution in [0.3, 0.4) is 0 Å². The standard InChI is InChI=1S/C13H16N2O3/c1-8(10-5-9(10)3-4-16)11-7-14-15-12(11)6-13(17)18-2/h4-5,7-8,10H,3,6H2,1-2H3,(H,14,15)/t8-,10?/m1/s1. The summed E-state index contributed by atoms with van der Waals surface area (Å²) in [6.45, 7) is 2.07. The highest BCUT2D eigenvalue weighted by molar-refractivity contribution is 5.72. The SMILES string of the molecule is COC(=O)Cc1[nH]ncc1[C@H](C)C1C=C1CC=O. The molecule has 1 aromatic rings. The molecule has 0 saturated carbocycles. The lowest BCUT2D eigenvalue weighted by molar-refractivity contribution is -0.139. The third-order valence-electron chi connectivity index (χ3n) is 3.36. The van der Waals surface area contributed by atoms with Crippen LogP contribution in [0, 0.1) is 5.92 Å². The van der Waals surface area contributed by atoms with E-state index in [1.54, 1.807) is 6.20 Å². The largest absolute Gasteiger partial charge is 0.469 e. The molecule has 96 valence electrons. The molecule has 1 aliphatic carbocycles. The Morgan fingerprint density at radius 1 is 1.67 bits per heavy atom. The predicted molar refractivity (Wildman–Crippen MR) is 65.0 cm³/mol. The van der Waals surface area contributed by atoms with E-state index >= 15 is 0 Å². The third-order valence-corrected chi connectivity index (χ3v) is 3.36. The van der Waals surface area contributed by atoms with Crippen LogP contribution in [0.1, 0.15) is 30.5 Å². The first-order valence-corrected chi connectivity index (χ1v) is 5.90. The van der Waals surface area contributed by atoms with Crippen molar-refractivity contribution >= 4 is 12.3 Å². The molecule has 0 fully saturated rings. The summed E-state index contributed by atoms with van der Waals surface area (Å²) < 4.78 is 4.65. The van der Waals surface area contributed by atoms with Gasteiger partial charge in [-0.3, -0.25) is 9.89 Å². The van der Waals surface area contributed by atoms with Crippen LogP contribution in [0.4, 0.5) is 0 Å². The summed E-state index contributed by atoms with van der Waals surface area (Å²) in [7, 11) is 1.37. The van der Waals surface area contributed by atoms with Crippen LogP contribution in [-0.4, -0.2) is 29.6 Å². The molecule has 1 unspecified atom stereocenters. The van der Waals surface area contributed by atoms with E-state index in [1.165, 1.54) is 12.7 Å². The van der Waals surface area contributed by atoms with Crippen molar-refractivity contribution in [2.45, 2.75) is 25.7 Å². The Bertz CT molecular complexity index is 490. The molecule has 2 rings (SSSR count). The van der Waals surface area contributed by atoms with Gasteiger partial charge in [-0.05, 0) is 11.5 Å². The average molecular weight is 248 g/mol. The number of nitrogens with zero attached hydrogens (tertiary/aromatic N) is 1. The number of methoxy groups -OCH3 is 1. The first-order chi connectivity index (χ1) is 8.67. The van der Waals surface area contributed by atoms with Gasteiger partial charge in [0.25, 0.3) is 0 Å². The molecule has 0 saturated heterocycles. The molecule has 0 bridgehead atoms. The molecule has 0 spiro atoms. The van der Waals surface area contributed by atoms with E-state index in [0.29, 0.717) is 12.3 Å². The Kier molecular flexibility index (Phi) is 3.60. The molecule has 2 atom stereocenters. The highest BCUT2D eigenvalue weighted by atomic mass is 16.5. The first kappa shape index (κ1) is 12.5. The van der Waals surface area contributed by atoms with Crippen molar-refractivity contribution in [3.05, 3.63) is 29.1 Å². The number of carbonyl (C=O) groups excluding carboxylic acids is 2. The number of nitrogens with one attached hydrogen (secondary N) is 1. The number of aldehydes is 1. The number of allylic oxidation sites excluding steroid dienone is 2. The summed E-state index contributed by atoms with van der Waals surface area (Å²) in [6.07, 6.45) is 5.45. The van der Waals surface area contributed by atoms with Gasteiger partial charge >= 0.3 is 5.97 Å². The number of hydrogen-bond donors (Lipinski definition) is 1. The van der Waals surface area contributed by atoms with E-state index in [4.69, 9.17) is 0 Å². The lowest BCUT2D eigenvalue weighted by atomic mass is 9.92. The first-order valence-electron chi connectivity index (χ1n) is 5.90. The van der Waals surface area contributed by atoms with Crippen LogP contribution >= 0.6 is 0 Å². The summed E-state index contributed by atoms with van der Waals surface area (Å²) >= 11 is 0. The lowest BCUT2D eigenvalue weighted by Crippen LogP contribution is -2.09. The van der Waals surface area contributed by atoms with Gasteiger partial charge in [-0.25, -0.2) is 0 Å². The second-order valence-corrected chi connectivity index (χ2v) is 4.48. The number of aromatic amines is 1. The fraction of sp³-hybridized carbons (Fsp3) is 0.462.